The number of anilines is 3. The summed E-state index contributed by atoms with van der Waals surface area (Å²) in [7, 11) is 0. The number of aliphatic hydroxyl groups is 2. The van der Waals surface area contributed by atoms with E-state index in [1.807, 2.05) is 10.6 Å². The van der Waals surface area contributed by atoms with Crippen LogP contribution in [0.15, 0.2) is 35.5 Å². The molecule has 7 N–H and O–H groups in total. The molecule has 3 aliphatic rings. The molecule has 0 radical (unpaired) electrons. The number of nitrogen functional groups attached to an aromatic ring is 2. The van der Waals surface area contributed by atoms with Crippen LogP contribution in [0.1, 0.15) is 44.4 Å². The minimum absolute atomic E-state index is 0.0202. The van der Waals surface area contributed by atoms with Gasteiger partial charge in [-0.1, -0.05) is 12.2 Å². The summed E-state index contributed by atoms with van der Waals surface area (Å²) in [6, 6.07) is 2.20. The third kappa shape index (κ3) is 5.17. The van der Waals surface area contributed by atoms with Crippen LogP contribution in [0.2, 0.25) is 0 Å². The van der Waals surface area contributed by atoms with Crippen LogP contribution in [0.3, 0.4) is 0 Å². The Kier molecular flexibility index (Phi) is 6.85. The second kappa shape index (κ2) is 10.2. The Morgan fingerprint density at radius 1 is 1.06 bits per heavy atom. The predicted molar refractivity (Wildman–Crippen MR) is 133 cm³/mol. The lowest BCUT2D eigenvalue weighted by Gasteiger charge is -2.14. The molecule has 0 aromatic carbocycles. The number of fused-ring (bicyclic) bond motifs is 1. The van der Waals surface area contributed by atoms with Gasteiger partial charge in [-0.25, -0.2) is 9.78 Å². The molecule has 1 saturated carbocycles. The summed E-state index contributed by atoms with van der Waals surface area (Å²) in [6.45, 7) is 0.152. The molecule has 13 nitrogen and oxygen atoms in total. The van der Waals surface area contributed by atoms with E-state index in [1.165, 1.54) is 4.57 Å². The molecule has 1 saturated heterocycles. The smallest absolute Gasteiger partial charge is 0.351 e. The fourth-order valence-corrected chi connectivity index (χ4v) is 4.46. The molecule has 36 heavy (non-hydrogen) atoms. The highest BCUT2D eigenvalue weighted by molar-refractivity contribution is 5.84. The molecule has 3 aromatic heterocycles. The minimum atomic E-state index is -0.418. The highest BCUT2D eigenvalue weighted by Crippen LogP contribution is 2.33. The molecule has 2 fully saturated rings. The average molecular weight is 498 g/mol. The van der Waals surface area contributed by atoms with Crippen LogP contribution in [0.4, 0.5) is 17.6 Å². The van der Waals surface area contributed by atoms with Gasteiger partial charge in [0.25, 0.3) is 0 Å². The van der Waals surface area contributed by atoms with E-state index in [9.17, 15) is 9.90 Å². The second-order valence-corrected chi connectivity index (χ2v) is 9.32. The summed E-state index contributed by atoms with van der Waals surface area (Å²) in [5, 5.41) is 21.5. The van der Waals surface area contributed by atoms with Crippen LogP contribution in [-0.2, 0) is 4.74 Å². The van der Waals surface area contributed by atoms with Gasteiger partial charge in [0.05, 0.1) is 25.1 Å². The van der Waals surface area contributed by atoms with Crippen molar-refractivity contribution in [2.24, 2.45) is 5.92 Å². The first-order valence-corrected chi connectivity index (χ1v) is 12.1. The van der Waals surface area contributed by atoms with Crippen molar-refractivity contribution in [3.63, 3.8) is 0 Å². The van der Waals surface area contributed by atoms with E-state index in [0.717, 1.165) is 42.7 Å². The van der Waals surface area contributed by atoms with Gasteiger partial charge in [0, 0.05) is 24.8 Å². The Morgan fingerprint density at radius 3 is 2.56 bits per heavy atom. The van der Waals surface area contributed by atoms with Crippen LogP contribution in [0.5, 0.6) is 0 Å². The SMILES string of the molecule is Nc1ccn([C@H]2CC[C@@H](CO)O2)c(=O)n1.Nc1nc(NC2CC2)c2ncn([C@H]3C=C[C@@H](CO)C3)c2n1. The molecule has 1 aliphatic heterocycles. The third-order valence-corrected chi connectivity index (χ3v) is 6.55. The van der Waals surface area contributed by atoms with E-state index in [1.54, 1.807) is 18.6 Å². The molecule has 0 spiro atoms. The number of allylic oxidation sites excluding steroid dienone is 1. The zero-order chi connectivity index (χ0) is 25.2. The van der Waals surface area contributed by atoms with Crippen LogP contribution in [-0.4, -0.2) is 64.6 Å². The van der Waals surface area contributed by atoms with Crippen LogP contribution in [0.25, 0.3) is 11.2 Å². The lowest BCUT2D eigenvalue weighted by molar-refractivity contribution is -0.0245. The van der Waals surface area contributed by atoms with Gasteiger partial charge < -0.3 is 36.3 Å². The first-order valence-electron chi connectivity index (χ1n) is 12.1. The van der Waals surface area contributed by atoms with Gasteiger partial charge in [-0.05, 0) is 38.2 Å². The van der Waals surface area contributed by atoms with Crippen LogP contribution in [0, 0.1) is 5.92 Å². The number of hydrogen-bond acceptors (Lipinski definition) is 11. The van der Waals surface area contributed by atoms with Gasteiger partial charge in [-0.2, -0.15) is 15.0 Å². The summed E-state index contributed by atoms with van der Waals surface area (Å²) < 4.78 is 8.86. The van der Waals surface area contributed by atoms with E-state index >= 15 is 0 Å². The van der Waals surface area contributed by atoms with Gasteiger partial charge >= 0.3 is 5.69 Å². The maximum Gasteiger partial charge on any atom is 0.351 e. The lowest BCUT2D eigenvalue weighted by atomic mass is 10.1. The summed E-state index contributed by atoms with van der Waals surface area (Å²) in [4.78, 5) is 28.1. The molecule has 192 valence electrons. The third-order valence-electron chi connectivity index (χ3n) is 6.55. The van der Waals surface area contributed by atoms with Crippen molar-refractivity contribution in [1.29, 1.82) is 0 Å². The Bertz CT molecular complexity index is 1300. The zero-order valence-corrected chi connectivity index (χ0v) is 19.8. The van der Waals surface area contributed by atoms with Crippen molar-refractivity contribution in [1.82, 2.24) is 29.1 Å². The predicted octanol–water partition coefficient (Wildman–Crippen LogP) is 0.588. The number of ether oxygens (including phenoxy) is 1. The number of aliphatic hydroxyl groups excluding tert-OH is 2. The first-order chi connectivity index (χ1) is 17.4. The fourth-order valence-electron chi connectivity index (χ4n) is 4.46. The molecule has 0 amide bonds. The summed E-state index contributed by atoms with van der Waals surface area (Å²) in [5.41, 5.74) is 12.3. The maximum atomic E-state index is 11.5. The normalized spacial score (nSPS) is 25.2. The lowest BCUT2D eigenvalue weighted by Crippen LogP contribution is -2.27. The Hall–Kier alpha value is -3.55. The Labute approximate surface area is 206 Å². The van der Waals surface area contributed by atoms with E-state index in [4.69, 9.17) is 21.3 Å². The van der Waals surface area contributed by atoms with Crippen molar-refractivity contribution in [2.75, 3.05) is 30.0 Å². The van der Waals surface area contributed by atoms with Crippen LogP contribution < -0.4 is 22.5 Å². The van der Waals surface area contributed by atoms with Gasteiger partial charge in [0.15, 0.2) is 17.0 Å². The molecular weight excluding hydrogens is 466 g/mol. The number of hydrogen-bond donors (Lipinski definition) is 5. The molecule has 2 aliphatic carbocycles. The van der Waals surface area contributed by atoms with E-state index in [2.05, 4.69) is 31.3 Å². The van der Waals surface area contributed by atoms with Crippen molar-refractivity contribution < 1.29 is 14.9 Å². The molecule has 0 unspecified atom stereocenters. The molecule has 6 rings (SSSR count). The number of nitrogens with zero attached hydrogens (tertiary/aromatic N) is 6. The highest BCUT2D eigenvalue weighted by atomic mass is 16.5. The van der Waals surface area contributed by atoms with Crippen molar-refractivity contribution >= 4 is 28.7 Å². The van der Waals surface area contributed by atoms with E-state index < -0.39 is 5.69 Å². The Morgan fingerprint density at radius 2 is 1.89 bits per heavy atom. The van der Waals surface area contributed by atoms with E-state index in [0.29, 0.717) is 12.5 Å². The van der Waals surface area contributed by atoms with Crippen molar-refractivity contribution in [3.8, 4) is 0 Å². The number of aromatic nitrogens is 6. The highest BCUT2D eigenvalue weighted by Gasteiger charge is 2.27. The topological polar surface area (TPSA) is 192 Å². The quantitative estimate of drug-likeness (QED) is 0.299. The van der Waals surface area contributed by atoms with Crippen molar-refractivity contribution in [2.45, 2.75) is 56.5 Å². The first kappa shape index (κ1) is 24.2. The zero-order valence-electron chi connectivity index (χ0n) is 19.8. The van der Waals surface area contributed by atoms with Gasteiger partial charge in [-0.3, -0.25) is 4.57 Å². The molecular formula is C23H31N9O4. The second-order valence-electron chi connectivity index (χ2n) is 9.32. The monoisotopic (exact) mass is 497 g/mol. The maximum absolute atomic E-state index is 11.5. The fraction of sp³-hybridized carbons (Fsp3) is 0.522. The number of nitrogens with one attached hydrogen (secondary N) is 1. The van der Waals surface area contributed by atoms with E-state index in [-0.39, 0.29) is 49.3 Å². The molecule has 3 aromatic rings. The Balaban J connectivity index is 0.000000157. The summed E-state index contributed by atoms with van der Waals surface area (Å²) >= 11 is 0. The number of imidazole rings is 1. The molecule has 4 atom stereocenters. The summed E-state index contributed by atoms with van der Waals surface area (Å²) in [5.74, 6) is 1.39. The standard InChI is InChI=1S/C14H18N6O.C9H13N3O3/c15-14-18-12(17-9-2-3-9)11-13(19-14)20(7-16-11)10-4-1-8(5-10)6-21;10-7-3-4-12(9(14)11-7)8-2-1-6(5-13)15-8/h1,4,7-10,21H,2-3,5-6H2,(H3,15,17,18,19);3-4,6,8,13H,1-2,5H2,(H2,10,11,14)/t8-,10+;6-,8+/m10/s1. The van der Waals surface area contributed by atoms with Crippen molar-refractivity contribution in [3.05, 3.63) is 41.2 Å². The number of nitrogens with two attached hydrogens (primary N) is 2. The van der Waals surface area contributed by atoms with Gasteiger partial charge in [0.2, 0.25) is 5.95 Å². The molecule has 13 heteroatoms. The largest absolute Gasteiger partial charge is 0.396 e. The minimum Gasteiger partial charge on any atom is -0.396 e. The van der Waals surface area contributed by atoms with Crippen LogP contribution >= 0.6 is 0 Å². The molecule has 4 heterocycles. The molecule has 0 bridgehead atoms. The average Bonchev–Trinajstić information content (AvgIpc) is 3.25. The summed E-state index contributed by atoms with van der Waals surface area (Å²) in [6.07, 6.45) is 11.6. The van der Waals surface area contributed by atoms with Gasteiger partial charge in [0.1, 0.15) is 12.0 Å². The van der Waals surface area contributed by atoms with Gasteiger partial charge in [-0.15, -0.1) is 0 Å². The number of rotatable bonds is 6.